The van der Waals surface area contributed by atoms with Crippen LogP contribution in [-0.2, 0) is 0 Å². The van der Waals surface area contributed by atoms with Gasteiger partial charge >= 0.3 is 5.97 Å². The molecule has 20 heavy (non-hydrogen) atoms. The van der Waals surface area contributed by atoms with E-state index < -0.39 is 5.97 Å². The number of hydrogen-bond donors (Lipinski definition) is 1. The van der Waals surface area contributed by atoms with E-state index in [2.05, 4.69) is 30.9 Å². The highest BCUT2D eigenvalue weighted by molar-refractivity contribution is 9.10. The van der Waals surface area contributed by atoms with Gasteiger partial charge in [-0.05, 0) is 28.1 Å². The Balaban J connectivity index is 2.35. The van der Waals surface area contributed by atoms with Crippen LogP contribution < -0.4 is 0 Å². The van der Waals surface area contributed by atoms with Crippen molar-refractivity contribution in [3.05, 3.63) is 40.5 Å². The van der Waals surface area contributed by atoms with Gasteiger partial charge in [0.15, 0.2) is 5.69 Å². The third kappa shape index (κ3) is 3.55. The second-order valence-corrected chi connectivity index (χ2v) is 6.30. The van der Waals surface area contributed by atoms with E-state index in [1.807, 2.05) is 19.9 Å². The number of halogens is 1. The lowest BCUT2D eigenvalue weighted by Crippen LogP contribution is -2.08. The number of aromatic nitrogens is 3. The average Bonchev–Trinajstić information content (AvgIpc) is 2.41. The molecule has 0 atom stereocenters. The van der Waals surface area contributed by atoms with Crippen molar-refractivity contribution >= 4 is 33.7 Å². The summed E-state index contributed by atoms with van der Waals surface area (Å²) in [5.41, 5.74) is 0.0124. The molecule has 0 saturated carbocycles. The van der Waals surface area contributed by atoms with Gasteiger partial charge < -0.3 is 5.11 Å². The van der Waals surface area contributed by atoms with Crippen molar-refractivity contribution in [2.24, 2.45) is 0 Å². The summed E-state index contributed by atoms with van der Waals surface area (Å²) >= 11 is 4.54. The largest absolute Gasteiger partial charge is 0.476 e. The molecule has 5 nitrogen and oxygen atoms in total. The molecule has 0 fully saturated rings. The topological polar surface area (TPSA) is 76.0 Å². The maximum absolute atomic E-state index is 11.3. The highest BCUT2D eigenvalue weighted by Gasteiger charge is 2.16. The third-order valence-electron chi connectivity index (χ3n) is 2.41. The van der Waals surface area contributed by atoms with Crippen LogP contribution >= 0.6 is 27.7 Å². The summed E-state index contributed by atoms with van der Waals surface area (Å²) in [7, 11) is 0. The molecule has 2 aromatic rings. The van der Waals surface area contributed by atoms with Crippen molar-refractivity contribution < 1.29 is 9.90 Å². The zero-order chi connectivity index (χ0) is 14.7. The molecule has 0 aliphatic carbocycles. The maximum Gasteiger partial charge on any atom is 0.355 e. The molecular formula is C13H12BrN3O2S. The van der Waals surface area contributed by atoms with Gasteiger partial charge in [0.1, 0.15) is 10.9 Å². The molecule has 0 aromatic carbocycles. The number of pyridine rings is 1. The van der Waals surface area contributed by atoms with Gasteiger partial charge in [0, 0.05) is 22.8 Å². The molecule has 1 N–H and O–H groups in total. The Bertz CT molecular complexity index is 632. The van der Waals surface area contributed by atoms with Gasteiger partial charge in [-0.3, -0.25) is 0 Å². The first-order chi connectivity index (χ1) is 9.47. The van der Waals surface area contributed by atoms with Crippen molar-refractivity contribution in [3.63, 3.8) is 0 Å². The molecule has 0 radical (unpaired) electrons. The Morgan fingerprint density at radius 1 is 1.30 bits per heavy atom. The van der Waals surface area contributed by atoms with Crippen LogP contribution in [0, 0.1) is 0 Å². The molecule has 0 saturated heterocycles. The summed E-state index contributed by atoms with van der Waals surface area (Å²) < 4.78 is 0.867. The van der Waals surface area contributed by atoms with Gasteiger partial charge in [0.25, 0.3) is 0 Å². The molecule has 7 heteroatoms. The lowest BCUT2D eigenvalue weighted by atomic mass is 10.2. The number of aromatic carboxylic acids is 1. The van der Waals surface area contributed by atoms with Crippen LogP contribution in [0.15, 0.2) is 38.9 Å². The monoisotopic (exact) mass is 353 g/mol. The van der Waals surface area contributed by atoms with E-state index in [9.17, 15) is 9.90 Å². The van der Waals surface area contributed by atoms with Gasteiger partial charge in [-0.1, -0.05) is 25.6 Å². The summed E-state index contributed by atoms with van der Waals surface area (Å²) in [6, 6.07) is 3.65. The van der Waals surface area contributed by atoms with Crippen molar-refractivity contribution in [1.29, 1.82) is 0 Å². The minimum absolute atomic E-state index is 0.0124. The maximum atomic E-state index is 11.3. The lowest BCUT2D eigenvalue weighted by molar-refractivity contribution is 0.0685. The number of rotatable bonds is 4. The smallest absolute Gasteiger partial charge is 0.355 e. The molecule has 0 amide bonds. The summed E-state index contributed by atoms with van der Waals surface area (Å²) in [6.45, 7) is 3.84. The van der Waals surface area contributed by atoms with E-state index in [-0.39, 0.29) is 11.6 Å². The van der Waals surface area contributed by atoms with Crippen LogP contribution in [0.4, 0.5) is 0 Å². The summed E-state index contributed by atoms with van der Waals surface area (Å²) in [4.78, 5) is 24.3. The van der Waals surface area contributed by atoms with Crippen molar-refractivity contribution in [2.45, 2.75) is 29.7 Å². The van der Waals surface area contributed by atoms with Crippen LogP contribution in [0.2, 0.25) is 0 Å². The van der Waals surface area contributed by atoms with Gasteiger partial charge in [-0.2, -0.15) is 0 Å². The van der Waals surface area contributed by atoms with Crippen LogP contribution in [0.5, 0.6) is 0 Å². The first-order valence-corrected chi connectivity index (χ1v) is 7.48. The van der Waals surface area contributed by atoms with Crippen LogP contribution in [0.25, 0.3) is 0 Å². The molecule has 2 aromatic heterocycles. The second kappa shape index (κ2) is 6.32. The Morgan fingerprint density at radius 3 is 2.60 bits per heavy atom. The fourth-order valence-electron chi connectivity index (χ4n) is 1.43. The van der Waals surface area contributed by atoms with Crippen LogP contribution in [-0.4, -0.2) is 26.0 Å². The number of hydrogen-bond acceptors (Lipinski definition) is 5. The molecule has 0 bridgehead atoms. The highest BCUT2D eigenvalue weighted by Crippen LogP contribution is 2.29. The molecule has 0 aliphatic rings. The fraction of sp³-hybridized carbons (Fsp3) is 0.231. The predicted molar refractivity (Wildman–Crippen MR) is 79.1 cm³/mol. The first kappa shape index (κ1) is 14.9. The van der Waals surface area contributed by atoms with Crippen LogP contribution in [0.3, 0.4) is 0 Å². The van der Waals surface area contributed by atoms with E-state index in [1.165, 1.54) is 11.8 Å². The van der Waals surface area contributed by atoms with Gasteiger partial charge in [0.05, 0.1) is 4.90 Å². The quantitative estimate of drug-likeness (QED) is 0.904. The van der Waals surface area contributed by atoms with Gasteiger partial charge in [-0.15, -0.1) is 0 Å². The third-order valence-corrected chi connectivity index (χ3v) is 3.85. The Kier molecular flexibility index (Phi) is 4.72. The molecule has 0 aliphatic heterocycles. The Morgan fingerprint density at radius 2 is 2.05 bits per heavy atom. The highest BCUT2D eigenvalue weighted by atomic mass is 79.9. The fourth-order valence-corrected chi connectivity index (χ4v) is 2.46. The number of carboxylic acid groups (broad SMARTS) is 1. The molecule has 104 valence electrons. The van der Waals surface area contributed by atoms with E-state index in [0.717, 1.165) is 4.47 Å². The standard InChI is InChI=1S/C13H12BrN3O2S/c1-7(2)12-16-6-9(11(17-12)13(18)19)20-10-4-3-8(14)5-15-10/h3-7H,1-2H3,(H,18,19). The first-order valence-electron chi connectivity index (χ1n) is 5.87. The zero-order valence-electron chi connectivity index (χ0n) is 10.9. The molecule has 0 unspecified atom stereocenters. The summed E-state index contributed by atoms with van der Waals surface area (Å²) in [6.07, 6.45) is 3.20. The average molecular weight is 354 g/mol. The minimum atomic E-state index is -1.06. The number of carboxylic acids is 1. The number of carbonyl (C=O) groups is 1. The second-order valence-electron chi connectivity index (χ2n) is 4.32. The zero-order valence-corrected chi connectivity index (χ0v) is 13.3. The van der Waals surface area contributed by atoms with E-state index in [1.54, 1.807) is 18.5 Å². The van der Waals surface area contributed by atoms with Crippen LogP contribution in [0.1, 0.15) is 36.1 Å². The van der Waals surface area contributed by atoms with Gasteiger partial charge in [-0.25, -0.2) is 19.7 Å². The van der Waals surface area contributed by atoms with Gasteiger partial charge in [0.2, 0.25) is 0 Å². The summed E-state index contributed by atoms with van der Waals surface area (Å²) in [5.74, 6) is -0.456. The normalized spacial score (nSPS) is 10.8. The SMILES string of the molecule is CC(C)c1ncc(Sc2ccc(Br)cn2)c(C(=O)O)n1. The van der Waals surface area contributed by atoms with Crippen molar-refractivity contribution in [1.82, 2.24) is 15.0 Å². The minimum Gasteiger partial charge on any atom is -0.476 e. The van der Waals surface area contributed by atoms with E-state index in [0.29, 0.717) is 15.7 Å². The van der Waals surface area contributed by atoms with E-state index >= 15 is 0 Å². The van der Waals surface area contributed by atoms with Crippen molar-refractivity contribution in [3.8, 4) is 0 Å². The molecule has 0 spiro atoms. The molecule has 2 rings (SSSR count). The number of nitrogens with zero attached hydrogens (tertiary/aromatic N) is 3. The lowest BCUT2D eigenvalue weighted by Gasteiger charge is -2.08. The molecular weight excluding hydrogens is 342 g/mol. The Hall–Kier alpha value is -1.47. The Labute approximate surface area is 129 Å². The van der Waals surface area contributed by atoms with Crippen molar-refractivity contribution in [2.75, 3.05) is 0 Å². The van der Waals surface area contributed by atoms with E-state index in [4.69, 9.17) is 0 Å². The molecule has 2 heterocycles. The summed E-state index contributed by atoms with van der Waals surface area (Å²) in [5, 5.41) is 9.95. The predicted octanol–water partition coefficient (Wildman–Crippen LogP) is 3.61.